The molecule has 0 saturated carbocycles. The van der Waals surface area contributed by atoms with Crippen molar-refractivity contribution in [2.45, 2.75) is 26.8 Å². The Hall–Kier alpha value is -2.83. The zero-order chi connectivity index (χ0) is 23.0. The average Bonchev–Trinajstić information content (AvgIpc) is 3.08. The lowest BCUT2D eigenvalue weighted by Crippen LogP contribution is -2.43. The third-order valence-corrected chi connectivity index (χ3v) is 6.20. The van der Waals surface area contributed by atoms with E-state index in [0.29, 0.717) is 21.8 Å². The minimum atomic E-state index is -1.03. The zero-order valence-electron chi connectivity index (χ0n) is 18.5. The number of carboxylic acid groups (broad SMARTS) is 1. The minimum Gasteiger partial charge on any atom is -0.478 e. The van der Waals surface area contributed by atoms with Crippen LogP contribution in [0, 0.1) is 12.7 Å². The molecule has 4 rings (SSSR count). The predicted molar refractivity (Wildman–Crippen MR) is 127 cm³/mol. The first-order valence-electron chi connectivity index (χ1n) is 10.8. The van der Waals surface area contributed by atoms with E-state index >= 15 is 0 Å². The van der Waals surface area contributed by atoms with Gasteiger partial charge in [-0.3, -0.25) is 0 Å². The standard InChI is InChI=1S/C25H27ClFN3O2/c1-15(2)30-16(3)22(25(31)32)23(24(30)17-4-6-19(26)7-5-17)18-12-20(27)14-21(13-18)29-10-8-28-9-11-29/h4-7,12-15,28H,8-11H2,1-3H3,(H,31,32). The number of aromatic carboxylic acids is 1. The number of aromatic nitrogens is 1. The van der Waals surface area contributed by atoms with E-state index < -0.39 is 5.97 Å². The van der Waals surface area contributed by atoms with Crippen LogP contribution in [0.1, 0.15) is 35.9 Å². The van der Waals surface area contributed by atoms with Gasteiger partial charge in [-0.1, -0.05) is 23.7 Å². The van der Waals surface area contributed by atoms with E-state index in [0.717, 1.165) is 43.1 Å². The van der Waals surface area contributed by atoms with Gasteiger partial charge < -0.3 is 19.9 Å². The number of nitrogens with zero attached hydrogens (tertiary/aromatic N) is 2. The Morgan fingerprint density at radius 2 is 1.75 bits per heavy atom. The molecular weight excluding hydrogens is 429 g/mol. The lowest BCUT2D eigenvalue weighted by Gasteiger charge is -2.30. The molecule has 0 spiro atoms. The highest BCUT2D eigenvalue weighted by atomic mass is 35.5. The number of carbonyl (C=O) groups is 1. The molecule has 2 aromatic carbocycles. The molecule has 1 aliphatic heterocycles. The second-order valence-corrected chi connectivity index (χ2v) is 8.83. The number of hydrogen-bond donors (Lipinski definition) is 2. The minimum absolute atomic E-state index is 0.00808. The highest BCUT2D eigenvalue weighted by molar-refractivity contribution is 6.30. The monoisotopic (exact) mass is 455 g/mol. The van der Waals surface area contributed by atoms with Crippen LogP contribution in [0.3, 0.4) is 0 Å². The molecule has 1 aliphatic rings. The SMILES string of the molecule is Cc1c(C(=O)O)c(-c2cc(F)cc(N3CCNCC3)c2)c(-c2ccc(Cl)cc2)n1C(C)C. The molecule has 2 heterocycles. The molecule has 0 aliphatic carbocycles. The summed E-state index contributed by atoms with van der Waals surface area (Å²) >= 11 is 6.11. The van der Waals surface area contributed by atoms with Crippen LogP contribution >= 0.6 is 11.6 Å². The van der Waals surface area contributed by atoms with E-state index in [2.05, 4.69) is 10.2 Å². The highest BCUT2D eigenvalue weighted by Crippen LogP contribution is 2.42. The van der Waals surface area contributed by atoms with Crippen molar-refractivity contribution in [2.24, 2.45) is 0 Å². The summed E-state index contributed by atoms with van der Waals surface area (Å²) in [6.07, 6.45) is 0. The van der Waals surface area contributed by atoms with Crippen LogP contribution in [0.5, 0.6) is 0 Å². The summed E-state index contributed by atoms with van der Waals surface area (Å²) in [5.41, 5.74) is 4.27. The Bertz CT molecular complexity index is 1150. The van der Waals surface area contributed by atoms with Gasteiger partial charge in [-0.15, -0.1) is 0 Å². The molecule has 0 bridgehead atoms. The fraction of sp³-hybridized carbons (Fsp3) is 0.320. The molecule has 1 fully saturated rings. The van der Waals surface area contributed by atoms with Gasteiger partial charge in [0.2, 0.25) is 0 Å². The van der Waals surface area contributed by atoms with Gasteiger partial charge in [0.05, 0.1) is 11.3 Å². The van der Waals surface area contributed by atoms with Crippen LogP contribution < -0.4 is 10.2 Å². The first-order chi connectivity index (χ1) is 15.3. The molecule has 2 N–H and O–H groups in total. The molecule has 0 amide bonds. The van der Waals surface area contributed by atoms with E-state index in [1.54, 1.807) is 12.1 Å². The number of hydrogen-bond acceptors (Lipinski definition) is 3. The summed E-state index contributed by atoms with van der Waals surface area (Å²) < 4.78 is 16.9. The Morgan fingerprint density at radius 1 is 1.09 bits per heavy atom. The van der Waals surface area contributed by atoms with Crippen LogP contribution in [0.2, 0.25) is 5.02 Å². The number of carboxylic acids is 1. The highest BCUT2D eigenvalue weighted by Gasteiger charge is 2.28. The normalized spacial score (nSPS) is 14.2. The second kappa shape index (κ2) is 8.96. The van der Waals surface area contributed by atoms with E-state index in [1.807, 2.05) is 43.5 Å². The lowest BCUT2D eigenvalue weighted by atomic mass is 9.96. The zero-order valence-corrected chi connectivity index (χ0v) is 19.2. The van der Waals surface area contributed by atoms with Crippen molar-refractivity contribution < 1.29 is 14.3 Å². The van der Waals surface area contributed by atoms with Gasteiger partial charge in [0, 0.05) is 54.2 Å². The van der Waals surface area contributed by atoms with Crippen molar-refractivity contribution in [3.63, 3.8) is 0 Å². The number of piperazine rings is 1. The fourth-order valence-electron chi connectivity index (χ4n) is 4.61. The van der Waals surface area contributed by atoms with E-state index in [4.69, 9.17) is 11.6 Å². The summed E-state index contributed by atoms with van der Waals surface area (Å²) in [5.74, 6) is -1.41. The fourth-order valence-corrected chi connectivity index (χ4v) is 4.74. The summed E-state index contributed by atoms with van der Waals surface area (Å²) in [4.78, 5) is 14.5. The summed E-state index contributed by atoms with van der Waals surface area (Å²) in [6, 6.07) is 12.2. The van der Waals surface area contributed by atoms with Gasteiger partial charge in [0.1, 0.15) is 5.82 Å². The molecule has 32 heavy (non-hydrogen) atoms. The van der Waals surface area contributed by atoms with Crippen LogP contribution in [0.15, 0.2) is 42.5 Å². The van der Waals surface area contributed by atoms with Gasteiger partial charge in [-0.2, -0.15) is 0 Å². The number of halogens is 2. The molecular formula is C25H27ClFN3O2. The van der Waals surface area contributed by atoms with E-state index in [1.165, 1.54) is 12.1 Å². The smallest absolute Gasteiger partial charge is 0.338 e. The van der Waals surface area contributed by atoms with Gasteiger partial charge in [0.25, 0.3) is 0 Å². The van der Waals surface area contributed by atoms with Crippen molar-refractivity contribution in [3.05, 3.63) is 64.6 Å². The van der Waals surface area contributed by atoms with Gasteiger partial charge in [0.15, 0.2) is 0 Å². The van der Waals surface area contributed by atoms with Crippen molar-refractivity contribution in [1.82, 2.24) is 9.88 Å². The lowest BCUT2D eigenvalue weighted by molar-refractivity contribution is 0.0696. The molecule has 7 heteroatoms. The number of nitrogens with one attached hydrogen (secondary N) is 1. The third-order valence-electron chi connectivity index (χ3n) is 5.95. The van der Waals surface area contributed by atoms with E-state index in [9.17, 15) is 14.3 Å². The largest absolute Gasteiger partial charge is 0.478 e. The molecule has 5 nitrogen and oxygen atoms in total. The molecule has 0 unspecified atom stereocenters. The molecule has 0 radical (unpaired) electrons. The summed E-state index contributed by atoms with van der Waals surface area (Å²) in [5, 5.41) is 14.1. The molecule has 0 atom stereocenters. The maximum atomic E-state index is 14.8. The summed E-state index contributed by atoms with van der Waals surface area (Å²) in [7, 11) is 0. The van der Waals surface area contributed by atoms with Crippen LogP contribution in [-0.4, -0.2) is 41.8 Å². The maximum absolute atomic E-state index is 14.8. The van der Waals surface area contributed by atoms with Crippen molar-refractivity contribution in [1.29, 1.82) is 0 Å². The van der Waals surface area contributed by atoms with Gasteiger partial charge in [-0.05, 0) is 62.2 Å². The molecule has 1 saturated heterocycles. The quantitative estimate of drug-likeness (QED) is 0.525. The number of benzene rings is 2. The number of rotatable bonds is 5. The van der Waals surface area contributed by atoms with Crippen LogP contribution in [-0.2, 0) is 0 Å². The topological polar surface area (TPSA) is 57.5 Å². The molecule has 168 valence electrons. The summed E-state index contributed by atoms with van der Waals surface area (Å²) in [6.45, 7) is 9.02. The van der Waals surface area contributed by atoms with Gasteiger partial charge in [-0.25, -0.2) is 9.18 Å². The third kappa shape index (κ3) is 4.12. The first kappa shape index (κ1) is 22.4. The molecule has 1 aromatic heterocycles. The van der Waals surface area contributed by atoms with Gasteiger partial charge >= 0.3 is 5.97 Å². The average molecular weight is 456 g/mol. The number of anilines is 1. The Labute approximate surface area is 192 Å². The van der Waals surface area contributed by atoms with Crippen molar-refractivity contribution in [3.8, 4) is 22.4 Å². The Morgan fingerprint density at radius 3 is 2.34 bits per heavy atom. The maximum Gasteiger partial charge on any atom is 0.338 e. The Balaban J connectivity index is 2.01. The van der Waals surface area contributed by atoms with Crippen LogP contribution in [0.25, 0.3) is 22.4 Å². The first-order valence-corrected chi connectivity index (χ1v) is 11.2. The van der Waals surface area contributed by atoms with Crippen molar-refractivity contribution in [2.75, 3.05) is 31.1 Å². The van der Waals surface area contributed by atoms with E-state index in [-0.39, 0.29) is 17.4 Å². The Kier molecular flexibility index (Phi) is 6.26. The second-order valence-electron chi connectivity index (χ2n) is 8.39. The molecule has 3 aromatic rings. The van der Waals surface area contributed by atoms with Crippen molar-refractivity contribution >= 4 is 23.3 Å². The predicted octanol–water partition coefficient (Wildman–Crippen LogP) is 5.61. The van der Waals surface area contributed by atoms with Crippen LogP contribution in [0.4, 0.5) is 10.1 Å².